The monoisotopic (exact) mass is 564 g/mol. The molecule has 3 nitrogen and oxygen atoms in total. The molecule has 4 N–H and O–H groups in total. The van der Waals surface area contributed by atoms with Gasteiger partial charge in [-0.1, -0.05) is 0 Å². The number of hydrogen-bond acceptors (Lipinski definition) is 1. The summed E-state index contributed by atoms with van der Waals surface area (Å²) in [4.78, 5) is 0. The van der Waals surface area contributed by atoms with E-state index in [0.717, 1.165) is 71.3 Å². The first-order chi connectivity index (χ1) is 5.27. The van der Waals surface area contributed by atoms with Gasteiger partial charge in [0, 0.05) is 0 Å². The molecule has 2 rings (SSSR count). The first-order valence-electron chi connectivity index (χ1n) is 4.59. The quantitative estimate of drug-likeness (QED) is 0.394. The van der Waals surface area contributed by atoms with Crippen LogP contribution < -0.4 is 0 Å². The molecule has 0 aliphatic carbocycles. The summed E-state index contributed by atoms with van der Waals surface area (Å²) >= 11 is 1.91. The fourth-order valence-corrected chi connectivity index (χ4v) is 6.71. The van der Waals surface area contributed by atoms with E-state index in [4.69, 9.17) is 4.74 Å². The van der Waals surface area contributed by atoms with Crippen molar-refractivity contribution < 1.29 is 67.9 Å². The molecule has 2 saturated heterocycles. The van der Waals surface area contributed by atoms with Crippen LogP contribution in [0.1, 0.15) is 25.7 Å². The van der Waals surface area contributed by atoms with Crippen LogP contribution in [0.3, 0.4) is 0 Å². The Morgan fingerprint density at radius 3 is 1.54 bits per heavy atom. The molecule has 0 aromatic heterocycles. The third kappa shape index (κ3) is 3.37. The Morgan fingerprint density at radius 1 is 0.769 bits per heavy atom. The second kappa shape index (κ2) is 6.36. The zero-order chi connectivity index (χ0) is 7.84. The van der Waals surface area contributed by atoms with Gasteiger partial charge in [-0.3, -0.25) is 0 Å². The Kier molecular flexibility index (Phi) is 7.21. The van der Waals surface area contributed by atoms with Crippen molar-refractivity contribution in [2.24, 2.45) is 0 Å². The molecule has 13 heavy (non-hydrogen) atoms. The van der Waals surface area contributed by atoms with E-state index < -0.39 is 0 Å². The van der Waals surface area contributed by atoms with Crippen LogP contribution >= 0.6 is 0 Å². The van der Waals surface area contributed by atoms with Crippen LogP contribution in [0, 0.1) is 0 Å². The first-order valence-corrected chi connectivity index (χ1v) is 10.9. The average Bonchev–Trinajstić information content (AvgIpc) is 2.02. The molecule has 2 aliphatic heterocycles. The molecule has 0 aromatic rings. The van der Waals surface area contributed by atoms with Gasteiger partial charge in [0.2, 0.25) is 0 Å². The Hall–Kier alpha value is 1.75. The van der Waals surface area contributed by atoms with Gasteiger partial charge in [0.15, 0.2) is 0 Å². The minimum absolute atomic E-state index is 0. The van der Waals surface area contributed by atoms with Gasteiger partial charge >= 0.3 is 102 Å². The molecule has 0 saturated carbocycles. The molecule has 4 atom stereocenters. The van der Waals surface area contributed by atoms with Crippen molar-refractivity contribution in [1.29, 1.82) is 0 Å². The van der Waals surface area contributed by atoms with Gasteiger partial charge in [0.25, 0.3) is 0 Å². The van der Waals surface area contributed by atoms with Gasteiger partial charge in [-0.15, -0.1) is 0 Å². The van der Waals surface area contributed by atoms with Gasteiger partial charge in [-0.05, 0) is 0 Å². The molecule has 0 radical (unpaired) electrons. The van der Waals surface area contributed by atoms with Gasteiger partial charge < -0.3 is 11.0 Å². The van der Waals surface area contributed by atoms with Crippen molar-refractivity contribution in [1.82, 2.24) is 0 Å². The van der Waals surface area contributed by atoms with E-state index in [0.29, 0.717) is 0 Å². The molecule has 70 valence electrons. The molecular weight excluding hydrogens is 545 g/mol. The Bertz CT molecular complexity index is 140. The molecule has 0 aromatic carbocycles. The molecule has 2 aliphatic rings. The van der Waals surface area contributed by atoms with E-state index in [2.05, 4.69) is 0 Å². The van der Waals surface area contributed by atoms with Gasteiger partial charge in [0.1, 0.15) is 0 Å². The van der Waals surface area contributed by atoms with Crippen LogP contribution in [0.4, 0.5) is 0 Å². The molecule has 0 spiro atoms. The molecule has 2 bridgehead atoms. The Balaban J connectivity index is 0.000000720. The van der Waals surface area contributed by atoms with E-state index in [9.17, 15) is 0 Å². The van der Waals surface area contributed by atoms with Crippen molar-refractivity contribution >= 4 is 0 Å². The topological polar surface area (TPSA) is 72.2 Å². The molecule has 2 heterocycles. The molecule has 5 heteroatoms. The van der Waals surface area contributed by atoms with Crippen molar-refractivity contribution in [2.45, 2.75) is 44.7 Å². The fourth-order valence-electron chi connectivity index (χ4n) is 2.18. The van der Waals surface area contributed by atoms with E-state index in [-0.39, 0.29) is 11.0 Å². The van der Waals surface area contributed by atoms with E-state index >= 15 is 0 Å². The minimum atomic E-state index is 0. The summed E-state index contributed by atoms with van der Waals surface area (Å²) in [6.07, 6.45) is 7.25. The second-order valence-corrected chi connectivity index (χ2v) is 12.0. The first kappa shape index (κ1) is 14.8. The number of hydrogen-bond donors (Lipinski definition) is 0. The molecule has 0 amide bonds. The number of ether oxygens (including phenoxy) is 1. The summed E-state index contributed by atoms with van der Waals surface area (Å²) in [6, 6.07) is 0. The third-order valence-corrected chi connectivity index (χ3v) is 10.3. The maximum absolute atomic E-state index is 6.04. The summed E-state index contributed by atoms with van der Waals surface area (Å²) < 4.78 is 8.11. The van der Waals surface area contributed by atoms with Crippen LogP contribution in [-0.2, 0) is 57.0 Å². The summed E-state index contributed by atoms with van der Waals surface area (Å²) in [5.74, 6) is 0. The average molecular weight is 561 g/mol. The van der Waals surface area contributed by atoms with E-state index in [1.165, 1.54) is 25.7 Å². The predicted molar refractivity (Wildman–Crippen MR) is 41.9 cm³/mol. The number of fused-ring (bicyclic) bond motifs is 2. The normalized spacial score (nSPS) is 43.1. The van der Waals surface area contributed by atoms with E-state index in [1.54, 1.807) is 0 Å². The molecule has 4 unspecified atom stereocenters. The van der Waals surface area contributed by atoms with Crippen LogP contribution in [0.15, 0.2) is 0 Å². The van der Waals surface area contributed by atoms with Gasteiger partial charge in [-0.25, -0.2) is 0 Å². The van der Waals surface area contributed by atoms with Gasteiger partial charge in [-0.2, -0.15) is 0 Å². The number of rotatable bonds is 0. The van der Waals surface area contributed by atoms with Crippen LogP contribution in [0.5, 0.6) is 0 Å². The summed E-state index contributed by atoms with van der Waals surface area (Å²) in [6.45, 7) is 0. The summed E-state index contributed by atoms with van der Waals surface area (Å²) in [7, 11) is 0. The van der Waals surface area contributed by atoms with Crippen LogP contribution in [0.2, 0.25) is 6.85 Å². The Morgan fingerprint density at radius 2 is 1.15 bits per heavy atom. The third-order valence-electron chi connectivity index (χ3n) is 3.05. The SMILES string of the molecule is O.O.[Hg][CH]1CCC2OC1CC[CH]2[Hg]. The van der Waals surface area contributed by atoms with Crippen molar-refractivity contribution in [3.63, 3.8) is 0 Å². The maximum atomic E-state index is 6.04. The summed E-state index contributed by atoms with van der Waals surface area (Å²) in [5, 5.41) is 0. The van der Waals surface area contributed by atoms with Crippen LogP contribution in [-0.4, -0.2) is 23.2 Å². The summed E-state index contributed by atoms with van der Waals surface area (Å²) in [5.41, 5.74) is 0. The zero-order valence-electron chi connectivity index (χ0n) is 7.96. The van der Waals surface area contributed by atoms with Crippen molar-refractivity contribution in [3.8, 4) is 0 Å². The molecular formula is C8H16Hg2O3. The second-order valence-electron chi connectivity index (χ2n) is 3.89. The standard InChI is InChI=1S/C8H12O.2Hg.2H2O/c1-3-7-5-2-6-8(4-1)9-7;;;;/h3,6-8H,1-2,4-5H2;;;2*1H2. The Labute approximate surface area is 112 Å². The molecule has 2 fully saturated rings. The van der Waals surface area contributed by atoms with Crippen molar-refractivity contribution in [2.75, 3.05) is 0 Å². The fraction of sp³-hybridized carbons (Fsp3) is 1.00. The van der Waals surface area contributed by atoms with E-state index in [1.807, 2.05) is 0 Å². The predicted octanol–water partition coefficient (Wildman–Crippen LogP) is 0.349. The van der Waals surface area contributed by atoms with Crippen molar-refractivity contribution in [3.05, 3.63) is 0 Å². The van der Waals surface area contributed by atoms with Gasteiger partial charge in [0.05, 0.1) is 0 Å². The van der Waals surface area contributed by atoms with Crippen LogP contribution in [0.25, 0.3) is 0 Å². The zero-order valence-corrected chi connectivity index (χ0v) is 19.0.